The van der Waals surface area contributed by atoms with E-state index in [1.165, 1.54) is 31.2 Å². The summed E-state index contributed by atoms with van der Waals surface area (Å²) in [5.41, 5.74) is 0.725. The van der Waals surface area contributed by atoms with Gasteiger partial charge in [-0.2, -0.15) is 0 Å². The minimum atomic E-state index is -3.81. The average Bonchev–Trinajstić information content (AvgIpc) is 3.09. The van der Waals surface area contributed by atoms with Crippen LogP contribution in [0.2, 0.25) is 0 Å². The molecule has 0 spiro atoms. The molecule has 3 rings (SSSR count). The molecule has 2 aromatic carbocycles. The average molecular weight is 397 g/mol. The highest BCUT2D eigenvalue weighted by molar-refractivity contribution is 7.91. The lowest BCUT2D eigenvalue weighted by Gasteiger charge is -2.15. The lowest BCUT2D eigenvalue weighted by Crippen LogP contribution is -2.26. The van der Waals surface area contributed by atoms with Gasteiger partial charge in [0, 0.05) is 6.04 Å². The first-order valence-electron chi connectivity index (χ1n) is 7.97. The molecule has 0 radical (unpaired) electrons. The second kappa shape index (κ2) is 6.90. The maximum Gasteiger partial charge on any atom is 0.241 e. The van der Waals surface area contributed by atoms with Crippen molar-refractivity contribution < 1.29 is 26.3 Å². The van der Waals surface area contributed by atoms with Gasteiger partial charge in [0.05, 0.1) is 15.5 Å². The van der Waals surface area contributed by atoms with Crippen molar-refractivity contribution in [3.63, 3.8) is 0 Å². The first-order chi connectivity index (χ1) is 12.2. The van der Waals surface area contributed by atoms with E-state index in [1.807, 2.05) is 0 Å². The Morgan fingerprint density at radius 2 is 1.58 bits per heavy atom. The van der Waals surface area contributed by atoms with Crippen molar-refractivity contribution in [2.45, 2.75) is 29.7 Å². The Bertz CT molecular complexity index is 1010. The van der Waals surface area contributed by atoms with E-state index in [-0.39, 0.29) is 22.3 Å². The quantitative estimate of drug-likeness (QED) is 0.803. The summed E-state index contributed by atoms with van der Waals surface area (Å²) in [6, 6.07) is 9.90. The van der Waals surface area contributed by atoms with E-state index in [9.17, 15) is 16.8 Å². The van der Waals surface area contributed by atoms with Gasteiger partial charge in [0.15, 0.2) is 21.3 Å². The molecule has 7 nitrogen and oxygen atoms in total. The fraction of sp³-hybridized carbons (Fsp3) is 0.294. The molecule has 0 aliphatic carbocycles. The number of fused-ring (bicyclic) bond motifs is 1. The summed E-state index contributed by atoms with van der Waals surface area (Å²) in [6.07, 6.45) is 0. The molecule has 0 aromatic heterocycles. The largest absolute Gasteiger partial charge is 0.454 e. The van der Waals surface area contributed by atoms with Gasteiger partial charge in [0.1, 0.15) is 0 Å². The van der Waals surface area contributed by atoms with Crippen LogP contribution in [0.1, 0.15) is 25.5 Å². The van der Waals surface area contributed by atoms with E-state index >= 15 is 0 Å². The molecule has 140 valence electrons. The van der Waals surface area contributed by atoms with Gasteiger partial charge >= 0.3 is 0 Å². The van der Waals surface area contributed by atoms with Gasteiger partial charge in [-0.15, -0.1) is 0 Å². The van der Waals surface area contributed by atoms with Crippen LogP contribution in [0.25, 0.3) is 0 Å². The summed E-state index contributed by atoms with van der Waals surface area (Å²) < 4.78 is 61.9. The molecule has 0 amide bonds. The summed E-state index contributed by atoms with van der Waals surface area (Å²) in [4.78, 5) is 0.0999. The van der Waals surface area contributed by atoms with Gasteiger partial charge in [0.2, 0.25) is 16.8 Å². The molecule has 0 bridgehead atoms. The number of nitrogens with one attached hydrogen (secondary N) is 1. The van der Waals surface area contributed by atoms with Crippen molar-refractivity contribution in [2.75, 3.05) is 12.5 Å². The molecule has 26 heavy (non-hydrogen) atoms. The van der Waals surface area contributed by atoms with Crippen LogP contribution in [0, 0.1) is 0 Å². The van der Waals surface area contributed by atoms with Crippen LogP contribution in [0.15, 0.2) is 52.3 Å². The van der Waals surface area contributed by atoms with Crippen molar-refractivity contribution in [1.29, 1.82) is 0 Å². The second-order valence-corrected chi connectivity index (χ2v) is 9.82. The van der Waals surface area contributed by atoms with Gasteiger partial charge in [-0.1, -0.05) is 13.0 Å². The van der Waals surface area contributed by atoms with Crippen LogP contribution in [0.4, 0.5) is 0 Å². The fourth-order valence-corrected chi connectivity index (χ4v) is 4.66. The predicted molar refractivity (Wildman–Crippen MR) is 95.5 cm³/mol. The molecular weight excluding hydrogens is 378 g/mol. The van der Waals surface area contributed by atoms with Gasteiger partial charge < -0.3 is 9.47 Å². The van der Waals surface area contributed by atoms with Crippen LogP contribution in [-0.4, -0.2) is 29.4 Å². The Kier molecular flexibility index (Phi) is 4.96. The zero-order valence-electron chi connectivity index (χ0n) is 14.3. The van der Waals surface area contributed by atoms with Crippen molar-refractivity contribution in [3.05, 3.63) is 48.0 Å². The molecule has 0 fully saturated rings. The molecule has 0 saturated heterocycles. The predicted octanol–water partition coefficient (Wildman–Crippen LogP) is 2.25. The monoisotopic (exact) mass is 397 g/mol. The number of hydrogen-bond acceptors (Lipinski definition) is 6. The van der Waals surface area contributed by atoms with E-state index in [2.05, 4.69) is 4.72 Å². The topological polar surface area (TPSA) is 98.8 Å². The molecule has 1 aliphatic rings. The summed E-state index contributed by atoms with van der Waals surface area (Å²) in [6.45, 7) is 3.39. The highest BCUT2D eigenvalue weighted by Gasteiger charge is 2.22. The van der Waals surface area contributed by atoms with Gasteiger partial charge in [-0.25, -0.2) is 21.6 Å². The van der Waals surface area contributed by atoms with E-state index in [1.54, 1.807) is 25.1 Å². The van der Waals surface area contributed by atoms with E-state index < -0.39 is 25.9 Å². The number of sulfonamides is 1. The molecule has 1 N–H and O–H groups in total. The third kappa shape index (κ3) is 3.69. The van der Waals surface area contributed by atoms with Crippen LogP contribution in [0.5, 0.6) is 11.5 Å². The van der Waals surface area contributed by atoms with Crippen LogP contribution in [-0.2, 0) is 19.9 Å². The molecule has 1 atom stereocenters. The summed E-state index contributed by atoms with van der Waals surface area (Å²) in [5.74, 6) is 1.15. The SMILES string of the molecule is CCS(=O)(=O)c1ccc(S(=O)(=O)NC(C)c2ccc3c(c2)OCO3)cc1. The molecule has 1 heterocycles. The maximum absolute atomic E-state index is 12.6. The Morgan fingerprint density at radius 1 is 0.962 bits per heavy atom. The van der Waals surface area contributed by atoms with Crippen molar-refractivity contribution in [3.8, 4) is 11.5 Å². The molecule has 1 unspecified atom stereocenters. The zero-order valence-corrected chi connectivity index (χ0v) is 15.9. The fourth-order valence-electron chi connectivity index (χ4n) is 2.54. The van der Waals surface area contributed by atoms with Crippen LogP contribution in [0.3, 0.4) is 0 Å². The first-order valence-corrected chi connectivity index (χ1v) is 11.1. The maximum atomic E-state index is 12.6. The Hall–Kier alpha value is -2.10. The summed E-state index contributed by atoms with van der Waals surface area (Å²) in [7, 11) is -7.18. The Labute approximate surface area is 152 Å². The third-order valence-electron chi connectivity index (χ3n) is 4.10. The van der Waals surface area contributed by atoms with E-state index in [0.29, 0.717) is 11.5 Å². The standard InChI is InChI=1S/C17H19NO6S2/c1-3-25(19,20)14-5-7-15(8-6-14)26(21,22)18-12(2)13-4-9-16-17(10-13)24-11-23-16/h4-10,12,18H,3,11H2,1-2H3. The first kappa shape index (κ1) is 18.7. The smallest absolute Gasteiger partial charge is 0.241 e. The van der Waals surface area contributed by atoms with Crippen LogP contribution >= 0.6 is 0 Å². The lowest BCUT2D eigenvalue weighted by molar-refractivity contribution is 0.174. The Morgan fingerprint density at radius 3 is 2.23 bits per heavy atom. The summed E-state index contributed by atoms with van der Waals surface area (Å²) >= 11 is 0. The van der Waals surface area contributed by atoms with E-state index in [4.69, 9.17) is 9.47 Å². The van der Waals surface area contributed by atoms with Gasteiger partial charge in [-0.3, -0.25) is 0 Å². The number of benzene rings is 2. The number of rotatable bonds is 6. The molecular formula is C17H19NO6S2. The minimum absolute atomic E-state index is 0.000136. The minimum Gasteiger partial charge on any atom is -0.454 e. The Balaban J connectivity index is 1.80. The van der Waals surface area contributed by atoms with Gasteiger partial charge in [-0.05, 0) is 48.9 Å². The number of ether oxygens (including phenoxy) is 2. The lowest BCUT2D eigenvalue weighted by atomic mass is 10.1. The third-order valence-corrected chi connectivity index (χ3v) is 7.41. The second-order valence-electron chi connectivity index (χ2n) is 5.83. The molecule has 9 heteroatoms. The highest BCUT2D eigenvalue weighted by Crippen LogP contribution is 2.34. The van der Waals surface area contributed by atoms with Gasteiger partial charge in [0.25, 0.3) is 0 Å². The van der Waals surface area contributed by atoms with Crippen molar-refractivity contribution >= 4 is 19.9 Å². The summed E-state index contributed by atoms with van der Waals surface area (Å²) in [5, 5.41) is 0. The number of hydrogen-bond donors (Lipinski definition) is 1. The molecule has 0 saturated carbocycles. The van der Waals surface area contributed by atoms with Crippen molar-refractivity contribution in [2.24, 2.45) is 0 Å². The normalized spacial score (nSPS) is 15.0. The molecule has 2 aromatic rings. The zero-order chi connectivity index (χ0) is 18.9. The van der Waals surface area contributed by atoms with Crippen LogP contribution < -0.4 is 14.2 Å². The van der Waals surface area contributed by atoms with Crippen molar-refractivity contribution in [1.82, 2.24) is 4.72 Å². The number of sulfone groups is 1. The molecule has 1 aliphatic heterocycles. The van der Waals surface area contributed by atoms with E-state index in [0.717, 1.165) is 5.56 Å². The highest BCUT2D eigenvalue weighted by atomic mass is 32.2.